The second-order valence-electron chi connectivity index (χ2n) is 5.59. The topological polar surface area (TPSA) is 24.5 Å². The Kier molecular flexibility index (Phi) is 5.33. The smallest absolute Gasteiger partial charge is 0.120 e. The van der Waals surface area contributed by atoms with E-state index < -0.39 is 0 Å². The minimum Gasteiger partial charge on any atom is -0.489 e. The summed E-state index contributed by atoms with van der Waals surface area (Å²) < 4.78 is 5.89. The fourth-order valence-electron chi connectivity index (χ4n) is 2.61. The minimum absolute atomic E-state index is 0.564. The van der Waals surface area contributed by atoms with Crippen molar-refractivity contribution in [2.24, 2.45) is 0 Å². The number of piperazine rings is 1. The molecule has 22 heavy (non-hydrogen) atoms. The van der Waals surface area contributed by atoms with Crippen LogP contribution in [0.25, 0.3) is 0 Å². The monoisotopic (exact) mass is 316 g/mol. The lowest BCUT2D eigenvalue weighted by atomic mass is 10.2. The van der Waals surface area contributed by atoms with Crippen LogP contribution in [0, 0.1) is 0 Å². The fraction of sp³-hybridized carbons (Fsp3) is 0.333. The van der Waals surface area contributed by atoms with E-state index in [-0.39, 0.29) is 0 Å². The van der Waals surface area contributed by atoms with E-state index in [0.29, 0.717) is 6.61 Å². The van der Waals surface area contributed by atoms with Crippen LogP contribution in [0.4, 0.5) is 0 Å². The molecule has 2 aromatic rings. The Balaban J connectivity index is 1.57. The summed E-state index contributed by atoms with van der Waals surface area (Å²) in [5, 5.41) is 4.13. The van der Waals surface area contributed by atoms with E-state index in [2.05, 4.69) is 28.4 Å². The lowest BCUT2D eigenvalue weighted by molar-refractivity contribution is 0.232. The van der Waals surface area contributed by atoms with Crippen molar-refractivity contribution in [2.45, 2.75) is 13.2 Å². The van der Waals surface area contributed by atoms with E-state index in [4.69, 9.17) is 16.3 Å². The average molecular weight is 317 g/mol. The molecule has 1 saturated heterocycles. The highest BCUT2D eigenvalue weighted by Crippen LogP contribution is 2.17. The Morgan fingerprint density at radius 3 is 2.55 bits per heavy atom. The first-order valence-corrected chi connectivity index (χ1v) is 8.07. The number of nitrogens with zero attached hydrogens (tertiary/aromatic N) is 1. The number of nitrogens with one attached hydrogen (secondary N) is 1. The number of hydrogen-bond donors (Lipinski definition) is 1. The third-order valence-electron chi connectivity index (χ3n) is 3.83. The summed E-state index contributed by atoms with van der Waals surface area (Å²) in [6.07, 6.45) is 0. The van der Waals surface area contributed by atoms with Crippen LogP contribution < -0.4 is 10.1 Å². The summed E-state index contributed by atoms with van der Waals surface area (Å²) in [6.45, 7) is 5.92. The van der Waals surface area contributed by atoms with Crippen LogP contribution in [0.1, 0.15) is 11.1 Å². The molecule has 0 saturated carbocycles. The van der Waals surface area contributed by atoms with E-state index in [1.54, 1.807) is 0 Å². The standard InChI is InChI=1S/C18H21ClN2O/c19-17-6-4-15(5-7-17)14-22-18-3-1-2-16(12-18)13-21-10-8-20-9-11-21/h1-7,12,20H,8-11,13-14H2. The van der Waals surface area contributed by atoms with Crippen molar-refractivity contribution in [1.82, 2.24) is 10.2 Å². The van der Waals surface area contributed by atoms with Gasteiger partial charge in [0.05, 0.1) is 0 Å². The van der Waals surface area contributed by atoms with Crippen molar-refractivity contribution in [2.75, 3.05) is 26.2 Å². The molecule has 0 atom stereocenters. The van der Waals surface area contributed by atoms with Crippen molar-refractivity contribution in [1.29, 1.82) is 0 Å². The van der Waals surface area contributed by atoms with Gasteiger partial charge < -0.3 is 10.1 Å². The largest absolute Gasteiger partial charge is 0.489 e. The van der Waals surface area contributed by atoms with Crippen LogP contribution in [0.5, 0.6) is 5.75 Å². The fourth-order valence-corrected chi connectivity index (χ4v) is 2.73. The molecular weight excluding hydrogens is 296 g/mol. The first-order valence-electron chi connectivity index (χ1n) is 7.69. The van der Waals surface area contributed by atoms with Gasteiger partial charge in [-0.25, -0.2) is 0 Å². The van der Waals surface area contributed by atoms with Gasteiger partial charge in [-0.05, 0) is 35.4 Å². The summed E-state index contributed by atoms with van der Waals surface area (Å²) in [5.41, 5.74) is 2.42. The molecule has 0 bridgehead atoms. The molecule has 0 radical (unpaired) electrons. The molecule has 0 amide bonds. The van der Waals surface area contributed by atoms with Crippen molar-refractivity contribution in [3.63, 3.8) is 0 Å². The van der Waals surface area contributed by atoms with Crippen molar-refractivity contribution < 1.29 is 4.74 Å². The van der Waals surface area contributed by atoms with E-state index in [1.165, 1.54) is 5.56 Å². The lowest BCUT2D eigenvalue weighted by Gasteiger charge is -2.27. The average Bonchev–Trinajstić information content (AvgIpc) is 2.56. The van der Waals surface area contributed by atoms with Gasteiger partial charge in [0.25, 0.3) is 0 Å². The highest BCUT2D eigenvalue weighted by atomic mass is 35.5. The highest BCUT2D eigenvalue weighted by molar-refractivity contribution is 6.30. The zero-order chi connectivity index (χ0) is 15.2. The quantitative estimate of drug-likeness (QED) is 0.916. The van der Waals surface area contributed by atoms with Gasteiger partial charge in [-0.3, -0.25) is 4.90 Å². The summed E-state index contributed by atoms with van der Waals surface area (Å²) in [6, 6.07) is 16.1. The van der Waals surface area contributed by atoms with Gasteiger partial charge in [-0.1, -0.05) is 35.9 Å². The molecule has 3 rings (SSSR count). The normalized spacial score (nSPS) is 15.7. The number of benzene rings is 2. The Hall–Kier alpha value is -1.55. The van der Waals surface area contributed by atoms with Gasteiger partial charge in [-0.2, -0.15) is 0 Å². The van der Waals surface area contributed by atoms with Gasteiger partial charge in [0.2, 0.25) is 0 Å². The Morgan fingerprint density at radius 2 is 1.77 bits per heavy atom. The van der Waals surface area contributed by atoms with E-state index in [0.717, 1.165) is 49.1 Å². The first kappa shape index (κ1) is 15.3. The van der Waals surface area contributed by atoms with Gasteiger partial charge in [0.1, 0.15) is 12.4 Å². The molecule has 1 fully saturated rings. The molecule has 1 N–H and O–H groups in total. The van der Waals surface area contributed by atoms with E-state index in [9.17, 15) is 0 Å². The van der Waals surface area contributed by atoms with Gasteiger partial charge in [0, 0.05) is 37.7 Å². The van der Waals surface area contributed by atoms with Gasteiger partial charge in [-0.15, -0.1) is 0 Å². The Labute approximate surface area is 136 Å². The van der Waals surface area contributed by atoms with E-state index >= 15 is 0 Å². The molecule has 0 spiro atoms. The molecule has 0 aromatic heterocycles. The third-order valence-corrected chi connectivity index (χ3v) is 4.08. The van der Waals surface area contributed by atoms with Crippen LogP contribution in [-0.4, -0.2) is 31.1 Å². The van der Waals surface area contributed by atoms with E-state index in [1.807, 2.05) is 30.3 Å². The second kappa shape index (κ2) is 7.63. The summed E-state index contributed by atoms with van der Waals surface area (Å²) in [7, 11) is 0. The maximum Gasteiger partial charge on any atom is 0.120 e. The zero-order valence-electron chi connectivity index (χ0n) is 12.6. The molecule has 1 aliphatic heterocycles. The third kappa shape index (κ3) is 4.47. The van der Waals surface area contributed by atoms with Crippen molar-refractivity contribution in [3.05, 3.63) is 64.7 Å². The summed E-state index contributed by atoms with van der Waals surface area (Å²) >= 11 is 5.89. The summed E-state index contributed by atoms with van der Waals surface area (Å²) in [5.74, 6) is 0.919. The second-order valence-corrected chi connectivity index (χ2v) is 6.03. The predicted octanol–water partition coefficient (Wildman–Crippen LogP) is 3.32. The minimum atomic E-state index is 0.564. The lowest BCUT2D eigenvalue weighted by Crippen LogP contribution is -2.42. The Bertz CT molecular complexity index is 594. The zero-order valence-corrected chi connectivity index (χ0v) is 13.4. The molecule has 3 nitrogen and oxygen atoms in total. The number of ether oxygens (including phenoxy) is 1. The molecule has 1 aliphatic rings. The first-order chi connectivity index (χ1) is 10.8. The molecule has 0 unspecified atom stereocenters. The molecule has 0 aliphatic carbocycles. The summed E-state index contributed by atoms with van der Waals surface area (Å²) in [4.78, 5) is 2.47. The number of hydrogen-bond acceptors (Lipinski definition) is 3. The molecular formula is C18H21ClN2O. The SMILES string of the molecule is Clc1ccc(COc2cccc(CN3CCNCC3)c2)cc1. The molecule has 116 valence electrons. The molecule has 2 aromatic carbocycles. The van der Waals surface area contributed by atoms with Gasteiger partial charge >= 0.3 is 0 Å². The van der Waals surface area contributed by atoms with Gasteiger partial charge in [0.15, 0.2) is 0 Å². The number of rotatable bonds is 5. The maximum atomic E-state index is 5.89. The molecule has 4 heteroatoms. The Morgan fingerprint density at radius 1 is 1.00 bits per heavy atom. The predicted molar refractivity (Wildman–Crippen MR) is 90.4 cm³/mol. The van der Waals surface area contributed by atoms with Crippen LogP contribution in [0.15, 0.2) is 48.5 Å². The number of halogens is 1. The molecule has 1 heterocycles. The van der Waals surface area contributed by atoms with Crippen LogP contribution >= 0.6 is 11.6 Å². The van der Waals surface area contributed by atoms with Crippen molar-refractivity contribution in [3.8, 4) is 5.75 Å². The maximum absolute atomic E-state index is 5.89. The van der Waals surface area contributed by atoms with Crippen LogP contribution in [-0.2, 0) is 13.2 Å². The van der Waals surface area contributed by atoms with Crippen LogP contribution in [0.2, 0.25) is 5.02 Å². The highest BCUT2D eigenvalue weighted by Gasteiger charge is 2.10. The van der Waals surface area contributed by atoms with Crippen molar-refractivity contribution >= 4 is 11.6 Å². The van der Waals surface area contributed by atoms with Crippen LogP contribution in [0.3, 0.4) is 0 Å².